The second kappa shape index (κ2) is 10.8. The molecule has 2 heteroatoms. The van der Waals surface area contributed by atoms with Gasteiger partial charge in [0.2, 0.25) is 0 Å². The van der Waals surface area contributed by atoms with Gasteiger partial charge < -0.3 is 0 Å². The van der Waals surface area contributed by atoms with Crippen molar-refractivity contribution in [3.8, 4) is 23.7 Å². The molecule has 0 saturated heterocycles. The summed E-state index contributed by atoms with van der Waals surface area (Å²) in [5.41, 5.74) is 4.52. The van der Waals surface area contributed by atoms with E-state index in [0.29, 0.717) is 0 Å². The first-order valence-electron chi connectivity index (χ1n) is 10.4. The van der Waals surface area contributed by atoms with Crippen molar-refractivity contribution in [3.05, 3.63) is 119 Å². The van der Waals surface area contributed by atoms with Gasteiger partial charge in [-0.25, -0.2) is 0 Å². The molecule has 4 rings (SSSR count). The van der Waals surface area contributed by atoms with Crippen LogP contribution in [0.15, 0.2) is 117 Å². The lowest BCUT2D eigenvalue weighted by molar-refractivity contribution is 1.35. The second-order valence-corrected chi connectivity index (χ2v) is 9.55. The molecule has 0 fully saturated rings. The summed E-state index contributed by atoms with van der Waals surface area (Å²) in [5.74, 6) is 12.6. The molecule has 0 atom stereocenters. The van der Waals surface area contributed by atoms with Crippen LogP contribution >= 0.6 is 23.5 Å². The molecule has 0 aromatic heterocycles. The third-order valence-corrected chi connectivity index (χ3v) is 6.90. The third kappa shape index (κ3) is 6.12. The molecule has 0 aliphatic heterocycles. The molecule has 0 N–H and O–H groups in total. The minimum atomic E-state index is 0.995. The van der Waals surface area contributed by atoms with Crippen molar-refractivity contribution in [1.82, 2.24) is 0 Å². The normalized spacial score (nSPS) is 9.94. The van der Waals surface area contributed by atoms with E-state index in [1.165, 1.54) is 20.9 Å². The van der Waals surface area contributed by atoms with Crippen LogP contribution in [0.2, 0.25) is 0 Å². The summed E-state index contributed by atoms with van der Waals surface area (Å²) < 4.78 is 0. The minimum absolute atomic E-state index is 0.995. The zero-order valence-corrected chi connectivity index (χ0v) is 19.7. The highest BCUT2D eigenvalue weighted by atomic mass is 32.2. The highest BCUT2D eigenvalue weighted by Gasteiger charge is 2.03. The Hall–Kier alpha value is -3.30. The Balaban J connectivity index is 1.52. The third-order valence-electron chi connectivity index (χ3n) is 4.73. The standard InChI is InChI=1S/C30H22S2/c1-23-15-19-27(20-16-23)31-29-13-7-5-11-25(29)9-3-4-10-26-12-6-8-14-30(26)32-28-21-17-24(2)18-22-28/h5-8,11-22H,1-2H3. The van der Waals surface area contributed by atoms with Gasteiger partial charge in [0.05, 0.1) is 0 Å². The summed E-state index contributed by atoms with van der Waals surface area (Å²) in [6.45, 7) is 4.20. The van der Waals surface area contributed by atoms with Crippen molar-refractivity contribution in [3.63, 3.8) is 0 Å². The zero-order valence-electron chi connectivity index (χ0n) is 18.1. The van der Waals surface area contributed by atoms with E-state index >= 15 is 0 Å². The first-order valence-corrected chi connectivity index (χ1v) is 12.0. The Morgan fingerprint density at radius 2 is 0.844 bits per heavy atom. The summed E-state index contributed by atoms with van der Waals surface area (Å²) in [4.78, 5) is 4.69. The van der Waals surface area contributed by atoms with E-state index in [9.17, 15) is 0 Å². The molecule has 0 heterocycles. The Labute approximate surface area is 199 Å². The molecular formula is C30H22S2. The van der Waals surface area contributed by atoms with Crippen LogP contribution in [-0.4, -0.2) is 0 Å². The summed E-state index contributed by atoms with van der Waals surface area (Å²) in [7, 11) is 0. The van der Waals surface area contributed by atoms with E-state index in [1.807, 2.05) is 36.4 Å². The highest BCUT2D eigenvalue weighted by molar-refractivity contribution is 7.99. The van der Waals surface area contributed by atoms with E-state index < -0.39 is 0 Å². The van der Waals surface area contributed by atoms with Gasteiger partial charge in [0.15, 0.2) is 0 Å². The van der Waals surface area contributed by atoms with Crippen LogP contribution < -0.4 is 0 Å². The fourth-order valence-corrected chi connectivity index (χ4v) is 4.79. The highest BCUT2D eigenvalue weighted by Crippen LogP contribution is 2.31. The molecule has 0 radical (unpaired) electrons. The quantitative estimate of drug-likeness (QED) is 0.291. The van der Waals surface area contributed by atoms with Gasteiger partial charge in [0, 0.05) is 30.7 Å². The second-order valence-electron chi connectivity index (χ2n) is 7.32. The number of benzene rings is 4. The first kappa shape index (κ1) is 21.9. The molecule has 154 valence electrons. The van der Waals surface area contributed by atoms with Crippen LogP contribution in [0.5, 0.6) is 0 Å². The van der Waals surface area contributed by atoms with E-state index in [1.54, 1.807) is 23.5 Å². The Kier molecular flexibility index (Phi) is 7.42. The van der Waals surface area contributed by atoms with Crippen LogP contribution in [-0.2, 0) is 0 Å². The molecule has 0 saturated carbocycles. The molecule has 0 aliphatic rings. The van der Waals surface area contributed by atoms with Crippen molar-refractivity contribution in [2.75, 3.05) is 0 Å². The maximum absolute atomic E-state index is 3.24. The van der Waals surface area contributed by atoms with E-state index in [0.717, 1.165) is 20.9 Å². The Morgan fingerprint density at radius 1 is 0.469 bits per heavy atom. The van der Waals surface area contributed by atoms with Crippen molar-refractivity contribution >= 4 is 23.5 Å². The Morgan fingerprint density at radius 3 is 1.25 bits per heavy atom. The van der Waals surface area contributed by atoms with E-state index in [2.05, 4.69) is 98.2 Å². The van der Waals surface area contributed by atoms with E-state index in [4.69, 9.17) is 0 Å². The molecule has 4 aromatic carbocycles. The zero-order chi connectivity index (χ0) is 22.2. The summed E-state index contributed by atoms with van der Waals surface area (Å²) in [5, 5.41) is 0. The number of hydrogen-bond acceptors (Lipinski definition) is 2. The van der Waals surface area contributed by atoms with Gasteiger partial charge in [-0.1, -0.05) is 95.0 Å². The average molecular weight is 447 g/mol. The molecule has 0 spiro atoms. The average Bonchev–Trinajstić information content (AvgIpc) is 2.82. The number of rotatable bonds is 4. The molecule has 0 unspecified atom stereocenters. The Bertz CT molecular complexity index is 1220. The monoisotopic (exact) mass is 446 g/mol. The van der Waals surface area contributed by atoms with Gasteiger partial charge in [-0.05, 0) is 74.2 Å². The number of aryl methyl sites for hydroxylation is 2. The lowest BCUT2D eigenvalue weighted by Gasteiger charge is -2.04. The lowest BCUT2D eigenvalue weighted by atomic mass is 10.2. The van der Waals surface area contributed by atoms with Gasteiger partial charge in [-0.3, -0.25) is 0 Å². The van der Waals surface area contributed by atoms with Crippen molar-refractivity contribution < 1.29 is 0 Å². The topological polar surface area (TPSA) is 0 Å². The summed E-state index contributed by atoms with van der Waals surface area (Å²) >= 11 is 3.46. The minimum Gasteiger partial charge on any atom is -0.0888 e. The predicted molar refractivity (Wildman–Crippen MR) is 137 cm³/mol. The van der Waals surface area contributed by atoms with Crippen molar-refractivity contribution in [2.24, 2.45) is 0 Å². The first-order chi connectivity index (χ1) is 15.7. The van der Waals surface area contributed by atoms with Crippen LogP contribution in [0, 0.1) is 37.5 Å². The molecular weight excluding hydrogens is 424 g/mol. The molecule has 32 heavy (non-hydrogen) atoms. The van der Waals surface area contributed by atoms with Gasteiger partial charge >= 0.3 is 0 Å². The fraction of sp³-hybridized carbons (Fsp3) is 0.0667. The number of hydrogen-bond donors (Lipinski definition) is 0. The molecule has 0 aliphatic carbocycles. The van der Waals surface area contributed by atoms with Crippen molar-refractivity contribution in [1.29, 1.82) is 0 Å². The van der Waals surface area contributed by atoms with Crippen molar-refractivity contribution in [2.45, 2.75) is 33.4 Å². The SMILES string of the molecule is Cc1ccc(Sc2ccccc2C#CC#Cc2ccccc2Sc2ccc(C)cc2)cc1. The smallest absolute Gasteiger partial charge is 0.0395 e. The van der Waals surface area contributed by atoms with Gasteiger partial charge in [-0.2, -0.15) is 0 Å². The van der Waals surface area contributed by atoms with Crippen LogP contribution in [0.4, 0.5) is 0 Å². The van der Waals surface area contributed by atoms with Gasteiger partial charge in [0.25, 0.3) is 0 Å². The predicted octanol–water partition coefficient (Wildman–Crippen LogP) is 8.01. The maximum atomic E-state index is 3.24. The van der Waals surface area contributed by atoms with Gasteiger partial charge in [-0.15, -0.1) is 0 Å². The van der Waals surface area contributed by atoms with Crippen LogP contribution in [0.1, 0.15) is 22.3 Å². The molecule has 4 aromatic rings. The van der Waals surface area contributed by atoms with Gasteiger partial charge in [0.1, 0.15) is 0 Å². The maximum Gasteiger partial charge on any atom is 0.0395 e. The van der Waals surface area contributed by atoms with Crippen LogP contribution in [0.25, 0.3) is 0 Å². The fourth-order valence-electron chi connectivity index (χ4n) is 2.98. The van der Waals surface area contributed by atoms with Crippen LogP contribution in [0.3, 0.4) is 0 Å². The molecule has 0 amide bonds. The largest absolute Gasteiger partial charge is 0.0888 e. The molecule has 0 bridgehead atoms. The summed E-state index contributed by atoms with van der Waals surface area (Å²) in [6.07, 6.45) is 0. The summed E-state index contributed by atoms with van der Waals surface area (Å²) in [6, 6.07) is 33.6. The van der Waals surface area contributed by atoms with E-state index in [-0.39, 0.29) is 0 Å². The lowest BCUT2D eigenvalue weighted by Crippen LogP contribution is -1.82. The molecule has 0 nitrogen and oxygen atoms in total.